The number of imidazole rings is 1. The molecule has 10 rings (SSSR count). The minimum absolute atomic E-state index is 0. The molecule has 0 saturated carbocycles. The Morgan fingerprint density at radius 1 is 0.618 bits per heavy atom. The number of aryl methyl sites for hydroxylation is 1. The Kier molecular flexibility index (Phi) is 13.3. The van der Waals surface area contributed by atoms with Crippen molar-refractivity contribution in [3.63, 3.8) is 0 Å². The van der Waals surface area contributed by atoms with Crippen molar-refractivity contribution in [3.05, 3.63) is 187 Å². The van der Waals surface area contributed by atoms with Gasteiger partial charge in [0, 0.05) is 25.5 Å². The second-order valence-corrected chi connectivity index (χ2v) is 41.7. The van der Waals surface area contributed by atoms with E-state index in [1.165, 1.54) is 48.4 Å². The monoisotopic (exact) mass is 1200 g/mol. The first-order valence-electron chi connectivity index (χ1n) is 24.9. The molecule has 68 heavy (non-hydrogen) atoms. The van der Waals surface area contributed by atoms with Crippen molar-refractivity contribution >= 4 is 68.3 Å². The van der Waals surface area contributed by atoms with Gasteiger partial charge in [0.15, 0.2) is 0 Å². The van der Waals surface area contributed by atoms with Crippen LogP contribution in [-0.4, -0.2) is 41.1 Å². The fourth-order valence-electron chi connectivity index (χ4n) is 8.87. The van der Waals surface area contributed by atoms with Crippen molar-refractivity contribution in [2.75, 3.05) is 0 Å². The molecule has 4 nitrogen and oxygen atoms in total. The topological polar surface area (TPSA) is 43.9 Å². The molecule has 0 fully saturated rings. The van der Waals surface area contributed by atoms with Gasteiger partial charge in [-0.25, -0.2) is 0 Å². The molecule has 0 aliphatic heterocycles. The van der Waals surface area contributed by atoms with Crippen LogP contribution in [0.2, 0.25) is 34.5 Å². The molecule has 7 aromatic carbocycles. The molecule has 0 saturated heterocycles. The molecule has 10 aromatic rings. The standard InChI is InChI=1S/C46H43GeN2O.C15H18GeN.Ir/c1-29(2)39-26-34(32-20-23-35(24-21-32)47(5,6)7)27-40(30(3)4)44(39)49-42-19-12-11-18-41(42)48-46(49)38-17-13-16-37-36-25-22-33(28-43(36)50-45(37)38)31-14-9-8-10-15-31;1-12-5-7-13(8-6-12)15-10-9-14(11-17-15)16(2,3)4;/h8-16,18-30H,1-7H3;5-7,9-11H,1-4H3;/q2*-1;/i;1D3;. The first-order valence-corrected chi connectivity index (χ1v) is 38.1. The van der Waals surface area contributed by atoms with Crippen LogP contribution < -0.4 is 8.79 Å². The Morgan fingerprint density at radius 2 is 1.26 bits per heavy atom. The third-order valence-corrected chi connectivity index (χ3v) is 21.4. The van der Waals surface area contributed by atoms with E-state index in [-0.39, 0.29) is 31.9 Å². The number of rotatable bonds is 9. The van der Waals surface area contributed by atoms with Gasteiger partial charge >= 0.3 is 311 Å². The number of nitrogens with zero attached hydrogens (tertiary/aromatic N) is 3. The number of pyridine rings is 1. The molecule has 0 aliphatic rings. The van der Waals surface area contributed by atoms with E-state index in [9.17, 15) is 0 Å². The fourth-order valence-corrected chi connectivity index (χ4v) is 13.5. The fraction of sp³-hybridized carbons (Fsp3) is 0.213. The van der Waals surface area contributed by atoms with E-state index in [1.54, 1.807) is 12.1 Å². The molecule has 3 aromatic heterocycles. The average Bonchev–Trinajstić information content (AvgIpc) is 3.92. The second-order valence-electron chi connectivity index (χ2n) is 20.3. The van der Waals surface area contributed by atoms with Gasteiger partial charge in [-0.05, 0) is 17.2 Å². The smallest absolute Gasteiger partial charge is 0 e. The van der Waals surface area contributed by atoms with Crippen LogP contribution in [0.4, 0.5) is 0 Å². The molecular weight excluding hydrogens is 1130 g/mol. The van der Waals surface area contributed by atoms with Gasteiger partial charge in [-0.1, -0.05) is 53.9 Å². The van der Waals surface area contributed by atoms with Gasteiger partial charge < -0.3 is 4.42 Å². The zero-order valence-corrected chi connectivity index (χ0v) is 47.3. The molecule has 0 atom stereocenters. The molecule has 0 unspecified atom stereocenters. The van der Waals surface area contributed by atoms with E-state index in [0.29, 0.717) is 5.56 Å². The van der Waals surface area contributed by atoms with Crippen LogP contribution in [0.3, 0.4) is 0 Å². The van der Waals surface area contributed by atoms with Gasteiger partial charge in [-0.15, -0.1) is 12.1 Å². The van der Waals surface area contributed by atoms with Crippen LogP contribution in [0.25, 0.3) is 83.6 Å². The molecule has 0 spiro atoms. The van der Waals surface area contributed by atoms with Crippen molar-refractivity contribution in [3.8, 4) is 50.6 Å². The summed E-state index contributed by atoms with van der Waals surface area (Å²) in [6.45, 7) is 7.14. The van der Waals surface area contributed by atoms with E-state index >= 15 is 0 Å². The predicted octanol–water partition coefficient (Wildman–Crippen LogP) is 15.9. The van der Waals surface area contributed by atoms with Gasteiger partial charge in [0.2, 0.25) is 0 Å². The Labute approximate surface area is 426 Å². The first-order chi connectivity index (χ1) is 33.3. The molecule has 3 heterocycles. The number of para-hydroxylation sites is 2. The zero-order valence-electron chi connectivity index (χ0n) is 43.7. The van der Waals surface area contributed by atoms with Gasteiger partial charge in [0.1, 0.15) is 5.58 Å². The SMILES string of the molecule is CC(C)c1cc(-c2cc[c]([Ge]([CH3])([CH3])[CH3])cc2)cc(C(C)C)c1-n1c(-c2[c-]ccc3c2oc2cc(-c4ccccc4)ccc23)nc2ccccc21.[2H]C([2H])([2H])c1c[c-]c(-c2cc[c]([Ge]([CH3])([CH3])[CH3])cn2)cc1.[Ir]. The third-order valence-electron chi connectivity index (χ3n) is 12.8. The average molecular weight is 1190 g/mol. The van der Waals surface area contributed by atoms with E-state index in [4.69, 9.17) is 13.5 Å². The maximum Gasteiger partial charge on any atom is 0 e. The zero-order chi connectivity index (χ0) is 49.7. The van der Waals surface area contributed by atoms with Crippen LogP contribution in [0.5, 0.6) is 0 Å². The number of aromatic nitrogens is 3. The Balaban J connectivity index is 0.000000271. The van der Waals surface area contributed by atoms with Crippen LogP contribution in [0.15, 0.2) is 162 Å². The van der Waals surface area contributed by atoms with Gasteiger partial charge in [0.05, 0.1) is 0 Å². The van der Waals surface area contributed by atoms with Crippen molar-refractivity contribution in [1.29, 1.82) is 0 Å². The van der Waals surface area contributed by atoms with Crippen LogP contribution in [-0.2, 0) is 20.1 Å². The number of fused-ring (bicyclic) bond motifs is 4. The minimum atomic E-state index is -2.08. The summed E-state index contributed by atoms with van der Waals surface area (Å²) in [5.41, 5.74) is 15.2. The molecule has 1 radical (unpaired) electrons. The third kappa shape index (κ3) is 10.1. The maximum absolute atomic E-state index is 7.35. The van der Waals surface area contributed by atoms with Gasteiger partial charge in [0.25, 0.3) is 0 Å². The molecule has 7 heteroatoms. The van der Waals surface area contributed by atoms with Gasteiger partial charge in [-0.3, -0.25) is 0 Å². The van der Waals surface area contributed by atoms with E-state index in [0.717, 1.165) is 61.2 Å². The van der Waals surface area contributed by atoms with Crippen molar-refractivity contribution in [2.24, 2.45) is 0 Å². The summed E-state index contributed by atoms with van der Waals surface area (Å²) in [5.74, 6) is 15.7. The van der Waals surface area contributed by atoms with Crippen LogP contribution in [0.1, 0.15) is 60.3 Å². The summed E-state index contributed by atoms with van der Waals surface area (Å²) in [4.78, 5) is 9.82. The Morgan fingerprint density at radius 3 is 1.88 bits per heavy atom. The van der Waals surface area contributed by atoms with Crippen molar-refractivity contribution in [2.45, 2.75) is 80.9 Å². The molecule has 0 aliphatic carbocycles. The number of benzene rings is 7. The summed E-state index contributed by atoms with van der Waals surface area (Å²) in [6, 6.07) is 59.4. The predicted molar refractivity (Wildman–Crippen MR) is 291 cm³/mol. The Hall–Kier alpha value is -5.30. The Bertz CT molecular complexity index is 3390. The van der Waals surface area contributed by atoms with E-state index in [1.807, 2.05) is 24.4 Å². The maximum atomic E-state index is 7.35. The first kappa shape index (κ1) is 45.2. The van der Waals surface area contributed by atoms with Crippen molar-refractivity contribution < 1.29 is 28.6 Å². The van der Waals surface area contributed by atoms with E-state index in [2.05, 4.69) is 199 Å². The largest absolute Gasteiger partial charge is 0 e. The molecule has 0 amide bonds. The van der Waals surface area contributed by atoms with Crippen LogP contribution in [0, 0.1) is 19.0 Å². The molecule has 0 N–H and O–H groups in total. The summed E-state index contributed by atoms with van der Waals surface area (Å²) < 4.78 is 34.1. The summed E-state index contributed by atoms with van der Waals surface area (Å²) >= 11 is -3.75. The number of hydrogen-bond donors (Lipinski definition) is 0. The quantitative estimate of drug-likeness (QED) is 0.107. The minimum Gasteiger partial charge on any atom is 0 e. The number of hydrogen-bond acceptors (Lipinski definition) is 3. The van der Waals surface area contributed by atoms with Crippen LogP contribution >= 0.6 is 0 Å². The normalized spacial score (nSPS) is 12.7. The summed E-state index contributed by atoms with van der Waals surface area (Å²) in [5, 5.41) is 2.16. The van der Waals surface area contributed by atoms with E-state index < -0.39 is 33.4 Å². The number of furan rings is 1. The molecular formula is C61H61Ge2IrN3O-2. The van der Waals surface area contributed by atoms with Gasteiger partial charge in [-0.2, -0.15) is 0 Å². The molecule has 345 valence electrons. The molecule has 0 bridgehead atoms. The second kappa shape index (κ2) is 20.0. The summed E-state index contributed by atoms with van der Waals surface area (Å²) in [6.07, 6.45) is 1.95. The van der Waals surface area contributed by atoms with Crippen molar-refractivity contribution in [1.82, 2.24) is 14.5 Å². The summed E-state index contributed by atoms with van der Waals surface area (Å²) in [7, 11) is 0.